The second-order valence-electron chi connectivity index (χ2n) is 8.08. The maximum absolute atomic E-state index is 11.1. The third-order valence-corrected chi connectivity index (χ3v) is 4.53. The highest BCUT2D eigenvalue weighted by atomic mass is 16.7. The van der Waals surface area contributed by atoms with Crippen LogP contribution in [-0.4, -0.2) is 79.4 Å². The van der Waals surface area contributed by atoms with Gasteiger partial charge < -0.3 is 45.4 Å². The molecule has 1 aromatic carbocycles. The Hall–Kier alpha value is -1.79. The molecule has 1 aromatic rings. The van der Waals surface area contributed by atoms with Crippen molar-refractivity contribution in [3.63, 3.8) is 0 Å². The molecule has 10 nitrogen and oxygen atoms in total. The van der Waals surface area contributed by atoms with E-state index in [1.165, 1.54) is 12.1 Å². The van der Waals surface area contributed by atoms with Crippen LogP contribution in [0.25, 0.3) is 0 Å². The van der Waals surface area contributed by atoms with Crippen LogP contribution in [0.4, 0.5) is 0 Å². The van der Waals surface area contributed by atoms with Gasteiger partial charge in [-0.15, -0.1) is 0 Å². The largest absolute Gasteiger partial charge is 0.508 e. The number of nitrogens with one attached hydrogen (secondary N) is 1. The Bertz CT molecular complexity index is 705. The summed E-state index contributed by atoms with van der Waals surface area (Å²) in [5.41, 5.74) is 0.590. The minimum Gasteiger partial charge on any atom is -0.508 e. The summed E-state index contributed by atoms with van der Waals surface area (Å²) < 4.78 is 10.4. The van der Waals surface area contributed by atoms with Crippen LogP contribution in [0.1, 0.15) is 38.0 Å². The van der Waals surface area contributed by atoms with Gasteiger partial charge in [0.1, 0.15) is 24.1 Å². The summed E-state index contributed by atoms with van der Waals surface area (Å²) in [4.78, 5) is 11.1. The molecule has 0 spiro atoms. The van der Waals surface area contributed by atoms with Gasteiger partial charge in [-0.25, -0.2) is 4.79 Å². The fourth-order valence-electron chi connectivity index (χ4n) is 2.81. The highest BCUT2D eigenvalue weighted by Gasteiger charge is 2.47. The molecule has 164 valence electrons. The van der Waals surface area contributed by atoms with Crippen molar-refractivity contribution < 1.29 is 44.9 Å². The number of ether oxygens (including phenoxy) is 2. The standard InChI is InChI=1S/C19H29NO9/c1-19(2,3)20-7-12(22)9-4-5-11(21)10(6-9)8-28-18-15(25)13(23)14(24)16(29-18)17(26)27/h4-6,12-16,18,20-25H,7-8H2,1-3H3,(H,26,27)/t12?,13-,14-,15+,16-,18?/m0/s1. The quantitative estimate of drug-likeness (QED) is 0.300. The Kier molecular flexibility index (Phi) is 7.57. The summed E-state index contributed by atoms with van der Waals surface area (Å²) in [7, 11) is 0. The molecular formula is C19H29NO9. The first-order chi connectivity index (χ1) is 13.4. The van der Waals surface area contributed by atoms with Gasteiger partial charge in [-0.2, -0.15) is 0 Å². The number of aliphatic carboxylic acids is 1. The molecule has 7 N–H and O–H groups in total. The van der Waals surface area contributed by atoms with Gasteiger partial charge in [0.15, 0.2) is 12.4 Å². The number of rotatable bonds is 7. The van der Waals surface area contributed by atoms with Gasteiger partial charge in [-0.1, -0.05) is 6.07 Å². The first kappa shape index (κ1) is 23.5. The van der Waals surface area contributed by atoms with Crippen molar-refractivity contribution in [2.24, 2.45) is 0 Å². The van der Waals surface area contributed by atoms with E-state index < -0.39 is 42.8 Å². The molecule has 1 aliphatic heterocycles. The molecule has 0 amide bonds. The monoisotopic (exact) mass is 415 g/mol. The Morgan fingerprint density at radius 1 is 1.21 bits per heavy atom. The second-order valence-corrected chi connectivity index (χ2v) is 8.08. The molecule has 2 rings (SSSR count). The van der Waals surface area contributed by atoms with E-state index >= 15 is 0 Å². The lowest BCUT2D eigenvalue weighted by Gasteiger charge is -2.38. The van der Waals surface area contributed by atoms with E-state index in [0.29, 0.717) is 5.56 Å². The molecule has 1 fully saturated rings. The van der Waals surface area contributed by atoms with Gasteiger partial charge in [0.2, 0.25) is 0 Å². The number of hydrogen-bond donors (Lipinski definition) is 7. The van der Waals surface area contributed by atoms with Crippen LogP contribution >= 0.6 is 0 Å². The number of aromatic hydroxyl groups is 1. The lowest BCUT2D eigenvalue weighted by atomic mass is 9.99. The van der Waals surface area contributed by atoms with E-state index in [9.17, 15) is 30.3 Å². The zero-order valence-corrected chi connectivity index (χ0v) is 16.5. The highest BCUT2D eigenvalue weighted by molar-refractivity contribution is 5.73. The highest BCUT2D eigenvalue weighted by Crippen LogP contribution is 2.27. The molecule has 0 radical (unpaired) electrons. The van der Waals surface area contributed by atoms with Crippen LogP contribution in [0.15, 0.2) is 18.2 Å². The van der Waals surface area contributed by atoms with Crippen molar-refractivity contribution in [1.82, 2.24) is 5.32 Å². The number of β-amino-alcohol motifs (C(OH)–C–C–N with tert-alkyl or cyclic N) is 1. The first-order valence-electron chi connectivity index (χ1n) is 9.19. The van der Waals surface area contributed by atoms with Crippen molar-refractivity contribution in [3.8, 4) is 5.75 Å². The summed E-state index contributed by atoms with van der Waals surface area (Å²) in [6, 6.07) is 4.45. The number of aliphatic hydroxyl groups is 4. The molecule has 1 heterocycles. The van der Waals surface area contributed by atoms with Crippen molar-refractivity contribution >= 4 is 5.97 Å². The van der Waals surface area contributed by atoms with Gasteiger partial charge in [0, 0.05) is 17.6 Å². The van der Waals surface area contributed by atoms with Crippen molar-refractivity contribution in [2.75, 3.05) is 6.54 Å². The van der Waals surface area contributed by atoms with Crippen LogP contribution < -0.4 is 5.32 Å². The summed E-state index contributed by atoms with van der Waals surface area (Å²) in [6.45, 7) is 5.86. The molecular weight excluding hydrogens is 386 g/mol. The van der Waals surface area contributed by atoms with Crippen LogP contribution in [0, 0.1) is 0 Å². The summed E-state index contributed by atoms with van der Waals surface area (Å²) >= 11 is 0. The number of hydrogen-bond acceptors (Lipinski definition) is 9. The van der Waals surface area contributed by atoms with Crippen LogP contribution in [-0.2, 0) is 20.9 Å². The number of phenols is 1. The third kappa shape index (κ3) is 6.09. The Balaban J connectivity index is 2.07. The average Bonchev–Trinajstić information content (AvgIpc) is 2.64. The van der Waals surface area contributed by atoms with Gasteiger partial charge in [0.05, 0.1) is 12.7 Å². The van der Waals surface area contributed by atoms with E-state index in [-0.39, 0.29) is 30.0 Å². The summed E-state index contributed by atoms with van der Waals surface area (Å²) in [6.07, 6.45) is -9.44. The molecule has 0 aromatic heterocycles. The van der Waals surface area contributed by atoms with Crippen LogP contribution in [0.5, 0.6) is 5.75 Å². The summed E-state index contributed by atoms with van der Waals surface area (Å²) in [5, 5.41) is 62.1. The SMILES string of the molecule is CC(C)(C)NCC(O)c1ccc(O)c(COC2O[C@H](C(=O)O)[C@@H](O)[C@H](O)[C@H]2O)c1. The minimum absolute atomic E-state index is 0.134. The minimum atomic E-state index is -1.82. The number of aliphatic hydroxyl groups excluding tert-OH is 4. The molecule has 0 saturated carbocycles. The van der Waals surface area contributed by atoms with Crippen molar-refractivity contribution in [2.45, 2.75) is 69.7 Å². The van der Waals surface area contributed by atoms with E-state index in [2.05, 4.69) is 5.32 Å². The predicted molar refractivity (Wildman–Crippen MR) is 99.9 cm³/mol. The zero-order chi connectivity index (χ0) is 21.9. The van der Waals surface area contributed by atoms with Gasteiger partial charge >= 0.3 is 5.97 Å². The fourth-order valence-corrected chi connectivity index (χ4v) is 2.81. The van der Waals surface area contributed by atoms with Crippen molar-refractivity contribution in [1.29, 1.82) is 0 Å². The average molecular weight is 415 g/mol. The predicted octanol–water partition coefficient (Wildman–Crippen LogP) is -0.777. The maximum Gasteiger partial charge on any atom is 0.335 e. The number of carboxylic acids is 1. The summed E-state index contributed by atoms with van der Waals surface area (Å²) in [5.74, 6) is -1.65. The van der Waals surface area contributed by atoms with Gasteiger partial charge in [-0.3, -0.25) is 0 Å². The smallest absolute Gasteiger partial charge is 0.335 e. The normalized spacial score (nSPS) is 28.9. The molecule has 29 heavy (non-hydrogen) atoms. The Morgan fingerprint density at radius 2 is 1.86 bits per heavy atom. The molecule has 2 unspecified atom stereocenters. The fraction of sp³-hybridized carbons (Fsp3) is 0.632. The number of carbonyl (C=O) groups is 1. The Morgan fingerprint density at radius 3 is 2.45 bits per heavy atom. The molecule has 10 heteroatoms. The first-order valence-corrected chi connectivity index (χ1v) is 9.19. The lowest BCUT2D eigenvalue weighted by Crippen LogP contribution is -2.60. The third-order valence-electron chi connectivity index (χ3n) is 4.53. The molecule has 0 bridgehead atoms. The van der Waals surface area contributed by atoms with E-state index in [0.717, 1.165) is 0 Å². The van der Waals surface area contributed by atoms with Gasteiger partial charge in [-0.05, 0) is 38.5 Å². The molecule has 1 aliphatic rings. The van der Waals surface area contributed by atoms with E-state index in [1.54, 1.807) is 6.07 Å². The molecule has 0 aliphatic carbocycles. The topological polar surface area (TPSA) is 169 Å². The van der Waals surface area contributed by atoms with Gasteiger partial charge in [0.25, 0.3) is 0 Å². The van der Waals surface area contributed by atoms with E-state index in [4.69, 9.17) is 14.6 Å². The number of phenolic OH excluding ortho intramolecular Hbond substituents is 1. The Labute approximate surface area is 168 Å². The molecule has 1 saturated heterocycles. The van der Waals surface area contributed by atoms with Crippen LogP contribution in [0.2, 0.25) is 0 Å². The zero-order valence-electron chi connectivity index (χ0n) is 16.5. The number of benzene rings is 1. The maximum atomic E-state index is 11.1. The number of carboxylic acid groups (broad SMARTS) is 1. The van der Waals surface area contributed by atoms with Crippen LogP contribution in [0.3, 0.4) is 0 Å². The van der Waals surface area contributed by atoms with E-state index in [1.807, 2.05) is 20.8 Å². The second kappa shape index (κ2) is 9.35. The van der Waals surface area contributed by atoms with Crippen molar-refractivity contribution in [3.05, 3.63) is 29.3 Å². The lowest BCUT2D eigenvalue weighted by molar-refractivity contribution is -0.297. The molecule has 6 atom stereocenters.